The Kier molecular flexibility index (Phi) is 1.27. The van der Waals surface area contributed by atoms with Gasteiger partial charge in [-0.15, -0.1) is 4.73 Å². The van der Waals surface area contributed by atoms with E-state index < -0.39 is 5.68 Å². The number of nitrogens with two attached hydrogens (primary N) is 1. The summed E-state index contributed by atoms with van der Waals surface area (Å²) >= 11 is 0. The summed E-state index contributed by atoms with van der Waals surface area (Å²) in [5, 5.41) is 25.7. The molecule has 0 amide bonds. The fraction of sp³-hybridized carbons (Fsp3) is 0. The molecule has 0 atom stereocenters. The van der Waals surface area contributed by atoms with Crippen molar-refractivity contribution in [3.8, 4) is 5.75 Å². The number of oxazole rings is 1. The number of rotatable bonds is 0. The first-order chi connectivity index (χ1) is 6.11. The highest BCUT2D eigenvalue weighted by atomic mass is 16.5. The van der Waals surface area contributed by atoms with Crippen molar-refractivity contribution in [2.75, 3.05) is 5.73 Å². The minimum atomic E-state index is -0.462. The van der Waals surface area contributed by atoms with Crippen LogP contribution in [0.1, 0.15) is 0 Å². The molecule has 6 nitrogen and oxygen atoms in total. The third-order valence-electron chi connectivity index (χ3n) is 1.76. The molecule has 5 N–H and O–H groups in total. The third kappa shape index (κ3) is 0.851. The zero-order valence-corrected chi connectivity index (χ0v) is 6.48. The summed E-state index contributed by atoms with van der Waals surface area (Å²) in [7, 11) is 0. The van der Waals surface area contributed by atoms with E-state index in [0.717, 1.165) is 0 Å². The molecule has 0 aliphatic rings. The summed E-state index contributed by atoms with van der Waals surface area (Å²) in [5.74, 6) is -0.265. The lowest BCUT2D eigenvalue weighted by Crippen LogP contribution is -2.09. The van der Waals surface area contributed by atoms with Gasteiger partial charge in [-0.1, -0.05) is 0 Å². The molecular weight excluding hydrogens is 174 g/mol. The average molecular weight is 181 g/mol. The Hall–Kier alpha value is -2.11. The van der Waals surface area contributed by atoms with Gasteiger partial charge in [0.25, 0.3) is 0 Å². The molecule has 0 fully saturated rings. The van der Waals surface area contributed by atoms with Gasteiger partial charge in [0.15, 0.2) is 5.75 Å². The van der Waals surface area contributed by atoms with Crippen LogP contribution in [0.15, 0.2) is 16.5 Å². The maximum Gasteiger partial charge on any atom is 0.328 e. The van der Waals surface area contributed by atoms with Crippen LogP contribution in [-0.4, -0.2) is 15.0 Å². The predicted octanol–water partition coefficient (Wildman–Crippen LogP) is 0.239. The molecule has 0 aliphatic carbocycles. The van der Waals surface area contributed by atoms with E-state index in [1.165, 1.54) is 12.1 Å². The Labute approximate surface area is 71.9 Å². The van der Waals surface area contributed by atoms with Crippen molar-refractivity contribution in [1.82, 2.24) is 4.73 Å². The van der Waals surface area contributed by atoms with Gasteiger partial charge < -0.3 is 20.5 Å². The van der Waals surface area contributed by atoms with E-state index in [2.05, 4.69) is 0 Å². The number of anilines is 1. The summed E-state index contributed by atoms with van der Waals surface area (Å²) in [6.07, 6.45) is 0. The standard InChI is InChI=1S/C7H7N3O3/c8-3-1-2-4-6(5(3)11)13-7(9)10(4)12/h1-2,9,11-12H,8H2. The smallest absolute Gasteiger partial charge is 0.328 e. The monoisotopic (exact) mass is 181 g/mol. The number of phenols is 1. The van der Waals surface area contributed by atoms with Crippen LogP contribution in [0.4, 0.5) is 5.69 Å². The largest absolute Gasteiger partial charge is 0.503 e. The predicted molar refractivity (Wildman–Crippen MR) is 43.3 cm³/mol. The van der Waals surface area contributed by atoms with Crippen molar-refractivity contribution in [2.45, 2.75) is 0 Å². The second kappa shape index (κ2) is 2.19. The molecule has 13 heavy (non-hydrogen) atoms. The number of fused-ring (bicyclic) bond motifs is 1. The first kappa shape index (κ1) is 7.53. The van der Waals surface area contributed by atoms with Crippen molar-refractivity contribution < 1.29 is 14.7 Å². The van der Waals surface area contributed by atoms with Crippen LogP contribution in [0.25, 0.3) is 11.1 Å². The number of nitrogens with one attached hydrogen (secondary N) is 1. The van der Waals surface area contributed by atoms with Gasteiger partial charge in [0.1, 0.15) is 5.52 Å². The van der Waals surface area contributed by atoms with Gasteiger partial charge in [-0.25, -0.2) is 5.41 Å². The summed E-state index contributed by atoms with van der Waals surface area (Å²) in [4.78, 5) is 0. The van der Waals surface area contributed by atoms with Gasteiger partial charge in [0.05, 0.1) is 5.69 Å². The second-order valence-corrected chi connectivity index (χ2v) is 2.57. The normalized spacial score (nSPS) is 10.8. The van der Waals surface area contributed by atoms with Crippen molar-refractivity contribution in [3.05, 3.63) is 17.8 Å². The lowest BCUT2D eigenvalue weighted by Gasteiger charge is -1.96. The number of benzene rings is 1. The molecule has 1 aromatic carbocycles. The zero-order valence-electron chi connectivity index (χ0n) is 6.48. The van der Waals surface area contributed by atoms with Gasteiger partial charge in [-0.2, -0.15) is 0 Å². The van der Waals surface area contributed by atoms with E-state index in [0.29, 0.717) is 4.73 Å². The first-order valence-electron chi connectivity index (χ1n) is 3.48. The van der Waals surface area contributed by atoms with E-state index in [4.69, 9.17) is 15.6 Å². The van der Waals surface area contributed by atoms with E-state index in [1.807, 2.05) is 0 Å². The van der Waals surface area contributed by atoms with Crippen molar-refractivity contribution in [3.63, 3.8) is 0 Å². The average Bonchev–Trinajstić information content (AvgIpc) is 2.38. The first-order valence-corrected chi connectivity index (χ1v) is 3.48. The summed E-state index contributed by atoms with van der Waals surface area (Å²) in [6.45, 7) is 0. The molecule has 0 bridgehead atoms. The Balaban J connectivity index is 3.03. The van der Waals surface area contributed by atoms with Crippen LogP contribution >= 0.6 is 0 Å². The highest BCUT2D eigenvalue weighted by molar-refractivity contribution is 5.84. The van der Waals surface area contributed by atoms with E-state index in [9.17, 15) is 10.3 Å². The van der Waals surface area contributed by atoms with E-state index >= 15 is 0 Å². The molecule has 0 saturated heterocycles. The fourth-order valence-corrected chi connectivity index (χ4v) is 1.09. The topological polar surface area (TPSA) is 108 Å². The summed E-state index contributed by atoms with van der Waals surface area (Å²) in [6, 6.07) is 2.87. The molecule has 68 valence electrons. The third-order valence-corrected chi connectivity index (χ3v) is 1.76. The van der Waals surface area contributed by atoms with Crippen LogP contribution in [0, 0.1) is 5.41 Å². The van der Waals surface area contributed by atoms with Gasteiger partial charge in [0, 0.05) is 0 Å². The molecule has 1 heterocycles. The number of aromatic hydroxyl groups is 1. The lowest BCUT2D eigenvalue weighted by atomic mass is 10.2. The van der Waals surface area contributed by atoms with Crippen molar-refractivity contribution in [2.24, 2.45) is 0 Å². The van der Waals surface area contributed by atoms with Gasteiger partial charge >= 0.3 is 5.68 Å². The van der Waals surface area contributed by atoms with Crippen LogP contribution < -0.4 is 11.4 Å². The van der Waals surface area contributed by atoms with Crippen molar-refractivity contribution in [1.29, 1.82) is 5.41 Å². The highest BCUT2D eigenvalue weighted by Crippen LogP contribution is 2.28. The number of nitrogen functional groups attached to an aromatic ring is 1. The Morgan fingerprint density at radius 3 is 2.85 bits per heavy atom. The molecule has 1 aromatic heterocycles. The SMILES string of the molecule is N=c1oc2c(O)c(N)ccc2n1O. The zero-order chi connectivity index (χ0) is 9.59. The number of hydrogen-bond donors (Lipinski definition) is 4. The van der Waals surface area contributed by atoms with Crippen LogP contribution in [0.3, 0.4) is 0 Å². The molecule has 2 aromatic rings. The molecule has 0 unspecified atom stereocenters. The Morgan fingerprint density at radius 2 is 2.15 bits per heavy atom. The van der Waals surface area contributed by atoms with Crippen molar-refractivity contribution >= 4 is 16.8 Å². The Bertz CT molecular complexity index is 525. The van der Waals surface area contributed by atoms with Gasteiger partial charge in [-0.05, 0) is 12.1 Å². The molecule has 0 aliphatic heterocycles. The van der Waals surface area contributed by atoms with Crippen LogP contribution in [0.5, 0.6) is 5.75 Å². The minimum absolute atomic E-state index is 0.00694. The minimum Gasteiger partial charge on any atom is -0.503 e. The number of aromatic nitrogens is 1. The van der Waals surface area contributed by atoms with Gasteiger partial charge in [-0.3, -0.25) is 0 Å². The molecule has 2 rings (SSSR count). The molecule has 0 saturated carbocycles. The van der Waals surface area contributed by atoms with Gasteiger partial charge in [0.2, 0.25) is 5.58 Å². The quantitative estimate of drug-likeness (QED) is 0.265. The number of phenolic OH excluding ortho intramolecular Hbond substituents is 1. The molecule has 0 spiro atoms. The van der Waals surface area contributed by atoms with E-state index in [-0.39, 0.29) is 22.5 Å². The Morgan fingerprint density at radius 1 is 1.46 bits per heavy atom. The maximum atomic E-state index is 9.37. The lowest BCUT2D eigenvalue weighted by molar-refractivity contribution is 0.165. The summed E-state index contributed by atoms with van der Waals surface area (Å²) in [5.41, 5.74) is 5.27. The number of nitrogens with zero attached hydrogens (tertiary/aromatic N) is 1. The highest BCUT2D eigenvalue weighted by Gasteiger charge is 2.11. The van der Waals surface area contributed by atoms with E-state index in [1.54, 1.807) is 0 Å². The van der Waals surface area contributed by atoms with Crippen LogP contribution in [0.2, 0.25) is 0 Å². The molecule has 0 radical (unpaired) electrons. The number of hydrogen-bond acceptors (Lipinski definition) is 5. The second-order valence-electron chi connectivity index (χ2n) is 2.57. The molecular formula is C7H7N3O3. The van der Waals surface area contributed by atoms with Crippen LogP contribution in [-0.2, 0) is 0 Å². The summed E-state index contributed by atoms with van der Waals surface area (Å²) < 4.78 is 5.28. The maximum absolute atomic E-state index is 9.37. The molecule has 6 heteroatoms. The fourth-order valence-electron chi connectivity index (χ4n) is 1.09.